The number of amides is 1. The average molecular weight is 445 g/mol. The molecule has 1 unspecified atom stereocenters. The summed E-state index contributed by atoms with van der Waals surface area (Å²) in [5.74, 6) is -0.202. The minimum Gasteiger partial charge on any atom is -0.350 e. The molecule has 0 fully saturated rings. The van der Waals surface area contributed by atoms with Crippen LogP contribution in [-0.4, -0.2) is 51.9 Å². The highest BCUT2D eigenvalue weighted by molar-refractivity contribution is 7.90. The van der Waals surface area contributed by atoms with Gasteiger partial charge in [-0.05, 0) is 55.6 Å². The minimum absolute atomic E-state index is 0.162. The predicted molar refractivity (Wildman–Crippen MR) is 123 cm³/mol. The largest absolute Gasteiger partial charge is 0.350 e. The molecule has 0 saturated carbocycles. The standard InChI is InChI=1S/C13H17NO4S.C11H15N/c1-10(14-13(16)4-3-9-15)11-5-7-12(8-6-11)19(2,17)18;1-12-8-6-10-4-2-3-5-11(10)7-9-12/h5-10H,3-4H2,1-2H3,(H,14,16);2-5H,6-9H2,1H3. The highest BCUT2D eigenvalue weighted by atomic mass is 32.2. The summed E-state index contributed by atoms with van der Waals surface area (Å²) >= 11 is 0. The van der Waals surface area contributed by atoms with Crippen molar-refractivity contribution in [3.8, 4) is 0 Å². The molecule has 2 aromatic carbocycles. The van der Waals surface area contributed by atoms with Gasteiger partial charge in [-0.15, -0.1) is 0 Å². The fourth-order valence-corrected chi connectivity index (χ4v) is 4.00. The molecular weight excluding hydrogens is 412 g/mol. The maximum atomic E-state index is 11.4. The molecule has 1 amide bonds. The first kappa shape index (κ1) is 24.8. The summed E-state index contributed by atoms with van der Waals surface area (Å²) in [6, 6.07) is 14.9. The van der Waals surface area contributed by atoms with Gasteiger partial charge in [0.15, 0.2) is 9.84 Å². The van der Waals surface area contributed by atoms with Crippen LogP contribution in [0, 0.1) is 0 Å². The lowest BCUT2D eigenvalue weighted by molar-refractivity contribution is -0.123. The van der Waals surface area contributed by atoms with E-state index < -0.39 is 9.84 Å². The normalized spacial score (nSPS) is 14.9. The number of hydrogen-bond donors (Lipinski definition) is 1. The molecule has 6 nitrogen and oxygen atoms in total. The Kier molecular flexibility index (Phi) is 9.40. The summed E-state index contributed by atoms with van der Waals surface area (Å²) in [5.41, 5.74) is 3.90. The summed E-state index contributed by atoms with van der Waals surface area (Å²) in [6.07, 6.45) is 4.64. The summed E-state index contributed by atoms with van der Waals surface area (Å²) in [6.45, 7) is 4.21. The van der Waals surface area contributed by atoms with Gasteiger partial charge in [-0.3, -0.25) is 4.79 Å². The fourth-order valence-electron chi connectivity index (χ4n) is 3.37. The molecule has 1 heterocycles. The number of likely N-dealkylation sites (N-methyl/N-ethyl adjacent to an activating group) is 1. The molecule has 0 spiro atoms. The molecular formula is C24H32N2O4S. The molecule has 1 aliphatic heterocycles. The Labute approximate surface area is 185 Å². The SMILES string of the molecule is CC(NC(=O)CCC=O)c1ccc(S(C)(=O)=O)cc1.CN1CCc2ccccc2CC1. The Bertz CT molecular complexity index is 944. The van der Waals surface area contributed by atoms with Crippen molar-refractivity contribution in [2.24, 2.45) is 0 Å². The van der Waals surface area contributed by atoms with Crippen molar-refractivity contribution < 1.29 is 18.0 Å². The van der Waals surface area contributed by atoms with Crippen LogP contribution in [-0.2, 0) is 32.3 Å². The van der Waals surface area contributed by atoms with E-state index in [9.17, 15) is 18.0 Å². The number of rotatable bonds is 6. The number of carbonyl (C=O) groups is 2. The van der Waals surface area contributed by atoms with Crippen LogP contribution in [0.5, 0.6) is 0 Å². The van der Waals surface area contributed by atoms with Gasteiger partial charge < -0.3 is 15.0 Å². The van der Waals surface area contributed by atoms with Gasteiger partial charge in [0.25, 0.3) is 0 Å². The van der Waals surface area contributed by atoms with Gasteiger partial charge in [-0.2, -0.15) is 0 Å². The number of nitrogens with zero attached hydrogens (tertiary/aromatic N) is 1. The van der Waals surface area contributed by atoms with Crippen LogP contribution >= 0.6 is 0 Å². The van der Waals surface area contributed by atoms with Crippen molar-refractivity contribution >= 4 is 22.0 Å². The van der Waals surface area contributed by atoms with Gasteiger partial charge in [0.05, 0.1) is 10.9 Å². The zero-order valence-corrected chi connectivity index (χ0v) is 19.3. The first-order valence-electron chi connectivity index (χ1n) is 10.5. The van der Waals surface area contributed by atoms with Gasteiger partial charge >= 0.3 is 0 Å². The second-order valence-corrected chi connectivity index (χ2v) is 9.92. The number of sulfone groups is 1. The fraction of sp³-hybridized carbons (Fsp3) is 0.417. The van der Waals surface area contributed by atoms with Crippen LogP contribution in [0.1, 0.15) is 42.5 Å². The van der Waals surface area contributed by atoms with E-state index in [1.165, 1.54) is 38.1 Å². The lowest BCUT2D eigenvalue weighted by atomic mass is 10.0. The topological polar surface area (TPSA) is 83.5 Å². The van der Waals surface area contributed by atoms with Crippen molar-refractivity contribution in [2.45, 2.75) is 43.5 Å². The molecule has 2 aromatic rings. The van der Waals surface area contributed by atoms with E-state index in [0.29, 0.717) is 6.29 Å². The van der Waals surface area contributed by atoms with E-state index in [2.05, 4.69) is 41.5 Å². The highest BCUT2D eigenvalue weighted by Crippen LogP contribution is 2.16. The van der Waals surface area contributed by atoms with Crippen LogP contribution in [0.2, 0.25) is 0 Å². The molecule has 7 heteroatoms. The van der Waals surface area contributed by atoms with Crippen LogP contribution in [0.25, 0.3) is 0 Å². The van der Waals surface area contributed by atoms with Crippen LogP contribution in [0.3, 0.4) is 0 Å². The minimum atomic E-state index is -3.21. The molecule has 1 N–H and O–H groups in total. The smallest absolute Gasteiger partial charge is 0.220 e. The zero-order chi connectivity index (χ0) is 22.9. The molecule has 31 heavy (non-hydrogen) atoms. The summed E-state index contributed by atoms with van der Waals surface area (Å²) in [5, 5.41) is 2.74. The first-order chi connectivity index (χ1) is 14.7. The van der Waals surface area contributed by atoms with Gasteiger partial charge in [-0.1, -0.05) is 36.4 Å². The lowest BCUT2D eigenvalue weighted by Gasteiger charge is -2.14. The summed E-state index contributed by atoms with van der Waals surface area (Å²) < 4.78 is 22.6. The highest BCUT2D eigenvalue weighted by Gasteiger charge is 2.12. The van der Waals surface area contributed by atoms with Gasteiger partial charge in [0, 0.05) is 32.2 Å². The molecule has 0 bridgehead atoms. The van der Waals surface area contributed by atoms with Crippen molar-refractivity contribution in [2.75, 3.05) is 26.4 Å². The maximum Gasteiger partial charge on any atom is 0.220 e. The molecule has 0 saturated heterocycles. The Morgan fingerprint density at radius 1 is 1.06 bits per heavy atom. The molecule has 3 rings (SSSR count). The third-order valence-electron chi connectivity index (χ3n) is 5.32. The molecule has 0 radical (unpaired) electrons. The number of hydrogen-bond acceptors (Lipinski definition) is 5. The van der Waals surface area contributed by atoms with E-state index in [1.54, 1.807) is 30.2 Å². The third-order valence-corrected chi connectivity index (χ3v) is 6.45. The average Bonchev–Trinajstić information content (AvgIpc) is 2.94. The molecule has 0 aromatic heterocycles. The van der Waals surface area contributed by atoms with Crippen molar-refractivity contribution in [3.05, 3.63) is 65.2 Å². The number of fused-ring (bicyclic) bond motifs is 1. The van der Waals surface area contributed by atoms with E-state index in [4.69, 9.17) is 0 Å². The van der Waals surface area contributed by atoms with Crippen molar-refractivity contribution in [1.29, 1.82) is 0 Å². The number of carbonyl (C=O) groups excluding carboxylic acids is 2. The van der Waals surface area contributed by atoms with Crippen LogP contribution in [0.4, 0.5) is 0 Å². The molecule has 168 valence electrons. The second kappa shape index (κ2) is 11.8. The first-order valence-corrected chi connectivity index (χ1v) is 12.4. The Morgan fingerprint density at radius 3 is 2.10 bits per heavy atom. The quantitative estimate of drug-likeness (QED) is 0.693. The summed E-state index contributed by atoms with van der Waals surface area (Å²) in [7, 11) is -1.01. The maximum absolute atomic E-state index is 11.4. The Morgan fingerprint density at radius 2 is 1.61 bits per heavy atom. The number of benzene rings is 2. The lowest BCUT2D eigenvalue weighted by Crippen LogP contribution is -2.26. The van der Waals surface area contributed by atoms with Crippen LogP contribution in [0.15, 0.2) is 53.4 Å². The summed E-state index contributed by atoms with van der Waals surface area (Å²) in [4.78, 5) is 24.3. The zero-order valence-electron chi connectivity index (χ0n) is 18.5. The van der Waals surface area contributed by atoms with E-state index in [0.717, 1.165) is 11.8 Å². The third kappa shape index (κ3) is 8.26. The van der Waals surface area contributed by atoms with Gasteiger partial charge in [-0.25, -0.2) is 8.42 Å². The number of aldehydes is 1. The molecule has 0 aliphatic carbocycles. The Balaban J connectivity index is 0.000000242. The van der Waals surface area contributed by atoms with E-state index in [1.807, 2.05) is 0 Å². The van der Waals surface area contributed by atoms with Crippen molar-refractivity contribution in [3.63, 3.8) is 0 Å². The number of nitrogens with one attached hydrogen (secondary N) is 1. The second-order valence-electron chi connectivity index (χ2n) is 7.91. The Hall–Kier alpha value is -2.51. The molecule has 1 atom stereocenters. The van der Waals surface area contributed by atoms with Crippen molar-refractivity contribution in [1.82, 2.24) is 10.2 Å². The van der Waals surface area contributed by atoms with E-state index in [-0.39, 0.29) is 29.7 Å². The van der Waals surface area contributed by atoms with Crippen LogP contribution < -0.4 is 5.32 Å². The van der Waals surface area contributed by atoms with Gasteiger partial charge in [0.1, 0.15) is 6.29 Å². The monoisotopic (exact) mass is 444 g/mol. The predicted octanol–water partition coefficient (Wildman–Crippen LogP) is 2.96. The van der Waals surface area contributed by atoms with Gasteiger partial charge in [0.2, 0.25) is 5.91 Å². The van der Waals surface area contributed by atoms with E-state index >= 15 is 0 Å². The molecule has 1 aliphatic rings.